The van der Waals surface area contributed by atoms with Crippen LogP contribution in [0.1, 0.15) is 50.3 Å². The third kappa shape index (κ3) is 4.51. The molecule has 0 radical (unpaired) electrons. The lowest BCUT2D eigenvalue weighted by Crippen LogP contribution is -2.41. The van der Waals surface area contributed by atoms with Gasteiger partial charge in [-0.15, -0.1) is 0 Å². The van der Waals surface area contributed by atoms with Crippen LogP contribution in [-0.2, 0) is 0 Å². The number of hydrogen-bond donors (Lipinski definition) is 1. The number of nitrogens with one attached hydrogen (secondary N) is 1. The molecule has 190 valence electrons. The number of aromatic nitrogens is 1. The van der Waals surface area contributed by atoms with Crippen LogP contribution in [0, 0.1) is 17.8 Å². The molecule has 0 spiro atoms. The molecular weight excluding hydrogens is 466 g/mol. The predicted molar refractivity (Wildman–Crippen MR) is 154 cm³/mol. The lowest BCUT2D eigenvalue weighted by molar-refractivity contribution is 0.435. The Kier molecular flexibility index (Phi) is 6.20. The fourth-order valence-electron chi connectivity index (χ4n) is 6.33. The summed E-state index contributed by atoms with van der Waals surface area (Å²) in [6, 6.07) is 19.0. The number of pyridine rings is 1. The van der Waals surface area contributed by atoms with Gasteiger partial charge >= 0.3 is 0 Å². The molecule has 0 saturated carbocycles. The molecule has 1 aromatic heterocycles. The summed E-state index contributed by atoms with van der Waals surface area (Å²) in [5, 5.41) is 7.12. The third-order valence-corrected chi connectivity index (χ3v) is 8.40. The molecule has 3 heterocycles. The topological polar surface area (TPSA) is 62.0 Å². The first-order valence-electron chi connectivity index (χ1n) is 14.1. The van der Waals surface area contributed by atoms with Crippen molar-refractivity contribution in [1.29, 1.82) is 0 Å². The first-order valence-corrected chi connectivity index (χ1v) is 14.1. The summed E-state index contributed by atoms with van der Waals surface area (Å²) >= 11 is 0. The van der Waals surface area contributed by atoms with E-state index in [4.69, 9.17) is 15.0 Å². The van der Waals surface area contributed by atoms with Gasteiger partial charge in [0.05, 0.1) is 10.9 Å². The second kappa shape index (κ2) is 10.1. The summed E-state index contributed by atoms with van der Waals surface area (Å²) < 4.78 is 0. The van der Waals surface area contributed by atoms with Crippen molar-refractivity contribution < 1.29 is 0 Å². The Morgan fingerprint density at radius 3 is 2.68 bits per heavy atom. The summed E-state index contributed by atoms with van der Waals surface area (Å²) in [6.07, 6.45) is 17.9. The quantitative estimate of drug-likeness (QED) is 0.486. The van der Waals surface area contributed by atoms with E-state index in [0.29, 0.717) is 17.8 Å². The van der Waals surface area contributed by atoms with Gasteiger partial charge in [-0.1, -0.05) is 72.8 Å². The molecule has 5 heteroatoms. The molecule has 2 aromatic carbocycles. The Hall–Kier alpha value is -3.86. The van der Waals surface area contributed by atoms with Gasteiger partial charge in [0, 0.05) is 30.0 Å². The van der Waals surface area contributed by atoms with Gasteiger partial charge in [0.2, 0.25) is 0 Å². The molecule has 5 nitrogen and oxygen atoms in total. The number of benzene rings is 2. The van der Waals surface area contributed by atoms with Crippen LogP contribution in [0.5, 0.6) is 0 Å². The molecule has 0 saturated heterocycles. The van der Waals surface area contributed by atoms with E-state index in [-0.39, 0.29) is 6.17 Å². The number of nitrogens with zero attached hydrogens (tertiary/aromatic N) is 4. The molecular formula is C33H33N5. The van der Waals surface area contributed by atoms with E-state index in [1.165, 1.54) is 23.6 Å². The fraction of sp³-hybridized carbons (Fsp3) is 0.333. The van der Waals surface area contributed by atoms with E-state index in [0.717, 1.165) is 65.7 Å². The van der Waals surface area contributed by atoms with Gasteiger partial charge in [0.1, 0.15) is 11.7 Å². The molecule has 0 amide bonds. The van der Waals surface area contributed by atoms with Gasteiger partial charge < -0.3 is 5.32 Å². The number of hydrogen-bond acceptors (Lipinski definition) is 5. The average molecular weight is 500 g/mol. The van der Waals surface area contributed by atoms with E-state index in [1.54, 1.807) is 0 Å². The monoisotopic (exact) mass is 499 g/mol. The van der Waals surface area contributed by atoms with Crippen molar-refractivity contribution in [2.75, 3.05) is 6.54 Å². The number of fused-ring (bicyclic) bond motifs is 3. The van der Waals surface area contributed by atoms with Gasteiger partial charge in [-0.3, -0.25) is 9.98 Å². The minimum Gasteiger partial charge on any atom is -0.328 e. The van der Waals surface area contributed by atoms with E-state index in [2.05, 4.69) is 83.1 Å². The maximum absolute atomic E-state index is 5.16. The molecule has 7 rings (SSSR count). The Labute approximate surface area is 223 Å². The van der Waals surface area contributed by atoms with Crippen LogP contribution >= 0.6 is 0 Å². The highest BCUT2D eigenvalue weighted by Crippen LogP contribution is 2.33. The lowest BCUT2D eigenvalue weighted by atomic mass is 9.80. The van der Waals surface area contributed by atoms with Crippen LogP contribution in [0.25, 0.3) is 17.0 Å². The van der Waals surface area contributed by atoms with Crippen molar-refractivity contribution in [1.82, 2.24) is 10.3 Å². The molecule has 38 heavy (non-hydrogen) atoms. The summed E-state index contributed by atoms with van der Waals surface area (Å²) in [5.74, 6) is 3.40. The number of allylic oxidation sites excluding steroid dienone is 3. The van der Waals surface area contributed by atoms with Gasteiger partial charge in [-0.05, 0) is 66.9 Å². The zero-order valence-electron chi connectivity index (χ0n) is 21.6. The fourth-order valence-corrected chi connectivity index (χ4v) is 6.33. The van der Waals surface area contributed by atoms with Crippen LogP contribution in [0.2, 0.25) is 0 Å². The molecule has 4 unspecified atom stereocenters. The van der Waals surface area contributed by atoms with E-state index >= 15 is 0 Å². The minimum atomic E-state index is -0.182. The molecule has 0 fully saturated rings. The smallest absolute Gasteiger partial charge is 0.169 e. The Balaban J connectivity index is 1.20. The lowest BCUT2D eigenvalue weighted by Gasteiger charge is -2.31. The highest BCUT2D eigenvalue weighted by atomic mass is 15.2. The second-order valence-electron chi connectivity index (χ2n) is 10.9. The maximum atomic E-state index is 5.16. The van der Waals surface area contributed by atoms with Gasteiger partial charge in [0.25, 0.3) is 0 Å². The summed E-state index contributed by atoms with van der Waals surface area (Å²) in [4.78, 5) is 19.9. The Bertz CT molecular complexity index is 1600. The molecule has 1 N–H and O–H groups in total. The van der Waals surface area contributed by atoms with E-state index in [9.17, 15) is 0 Å². The first-order chi connectivity index (χ1) is 18.8. The van der Waals surface area contributed by atoms with Crippen molar-refractivity contribution in [2.24, 2.45) is 32.7 Å². The number of amidine groups is 2. The van der Waals surface area contributed by atoms with Crippen molar-refractivity contribution in [3.8, 4) is 0 Å². The van der Waals surface area contributed by atoms with Crippen LogP contribution in [0.4, 0.5) is 0 Å². The van der Waals surface area contributed by atoms with E-state index in [1.807, 2.05) is 12.3 Å². The minimum absolute atomic E-state index is 0.182. The predicted octanol–water partition coefficient (Wildman–Crippen LogP) is 5.45. The Morgan fingerprint density at radius 2 is 1.79 bits per heavy atom. The highest BCUT2D eigenvalue weighted by Gasteiger charge is 2.29. The average Bonchev–Trinajstić information content (AvgIpc) is 3.01. The molecule has 2 aliphatic heterocycles. The second-order valence-corrected chi connectivity index (χ2v) is 10.9. The summed E-state index contributed by atoms with van der Waals surface area (Å²) in [5.41, 5.74) is 3.50. The summed E-state index contributed by atoms with van der Waals surface area (Å²) in [7, 11) is 0. The van der Waals surface area contributed by atoms with Crippen molar-refractivity contribution in [2.45, 2.75) is 44.7 Å². The van der Waals surface area contributed by atoms with Crippen LogP contribution < -0.4 is 15.9 Å². The SMILES string of the molecule is C1=CCC(C2=NC(c3ccccc3)N=C(C3=CC(C4C=c5ccc6cccnc6c5=NC4)CCC3)N2)CC1. The maximum Gasteiger partial charge on any atom is 0.169 e. The first kappa shape index (κ1) is 23.3. The normalized spacial score (nSPS) is 26.7. The van der Waals surface area contributed by atoms with E-state index < -0.39 is 0 Å². The van der Waals surface area contributed by atoms with Crippen LogP contribution in [0.15, 0.2) is 99.6 Å². The summed E-state index contributed by atoms with van der Waals surface area (Å²) in [6.45, 7) is 0.810. The number of aliphatic imine (C=N–C) groups is 2. The van der Waals surface area contributed by atoms with Crippen molar-refractivity contribution in [3.05, 3.63) is 101 Å². The zero-order valence-corrected chi connectivity index (χ0v) is 21.6. The third-order valence-electron chi connectivity index (χ3n) is 8.40. The molecule has 2 aliphatic carbocycles. The Morgan fingerprint density at radius 1 is 0.842 bits per heavy atom. The zero-order chi connectivity index (χ0) is 25.3. The van der Waals surface area contributed by atoms with Crippen molar-refractivity contribution >= 4 is 28.7 Å². The van der Waals surface area contributed by atoms with Gasteiger partial charge in [-0.2, -0.15) is 0 Å². The molecule has 3 aromatic rings. The van der Waals surface area contributed by atoms with Crippen LogP contribution in [0.3, 0.4) is 0 Å². The highest BCUT2D eigenvalue weighted by molar-refractivity contribution is 6.11. The molecule has 4 atom stereocenters. The largest absolute Gasteiger partial charge is 0.328 e. The van der Waals surface area contributed by atoms with Gasteiger partial charge in [0.15, 0.2) is 6.17 Å². The van der Waals surface area contributed by atoms with Crippen molar-refractivity contribution in [3.63, 3.8) is 0 Å². The molecule has 4 aliphatic rings. The van der Waals surface area contributed by atoms with Crippen LogP contribution in [-0.4, -0.2) is 23.2 Å². The standard InChI is InChI=1S/C33H33N5/c1-3-9-23(10-4-1)31-36-32(24-11-5-2-6-12-24)38-33(37-31)27-14-7-13-25(19-27)28-20-26-17-16-22-15-8-18-34-29(22)30(26)35-21-28/h1-5,8-10,15-20,24-25,28,31H,6-7,11-14,21H2,(H,36,37,38). The number of rotatable bonds is 4. The van der Waals surface area contributed by atoms with Gasteiger partial charge in [-0.25, -0.2) is 9.98 Å². The molecule has 0 bridgehead atoms.